The topological polar surface area (TPSA) is 33.2 Å². The summed E-state index contributed by atoms with van der Waals surface area (Å²) in [6.07, 6.45) is 2.59. The van der Waals surface area contributed by atoms with E-state index in [4.69, 9.17) is 0 Å². The highest BCUT2D eigenvalue weighted by Gasteiger charge is 2.19. The van der Waals surface area contributed by atoms with Crippen molar-refractivity contribution in [3.63, 3.8) is 0 Å². The van der Waals surface area contributed by atoms with Gasteiger partial charge in [-0.25, -0.2) is 0 Å². The third-order valence-electron chi connectivity index (χ3n) is 1.97. The van der Waals surface area contributed by atoms with Crippen LogP contribution in [0.15, 0.2) is 11.7 Å². The van der Waals surface area contributed by atoms with Crippen molar-refractivity contribution in [1.29, 1.82) is 0 Å². The molecule has 0 N–H and O–H groups in total. The molecule has 1 saturated heterocycles. The third-order valence-corrected chi connectivity index (χ3v) is 2.73. The Balaban J connectivity index is 1.92. The van der Waals surface area contributed by atoms with E-state index in [0.717, 1.165) is 19.5 Å². The molecule has 1 aromatic rings. The number of likely N-dealkylation sites (tertiary alicyclic amines) is 1. The van der Waals surface area contributed by atoms with Crippen LogP contribution in [0.4, 0.5) is 0 Å². The Hall–Kier alpha value is -0.740. The zero-order valence-electron chi connectivity index (χ0n) is 6.69. The highest BCUT2D eigenvalue weighted by atomic mass is 32.1. The van der Waals surface area contributed by atoms with Gasteiger partial charge in [0.2, 0.25) is 0 Å². The molecule has 0 unspecified atom stereocenters. The van der Waals surface area contributed by atoms with E-state index >= 15 is 0 Å². The van der Waals surface area contributed by atoms with E-state index in [1.807, 2.05) is 11.7 Å². The number of hydrogen-bond donors (Lipinski definition) is 0. The average molecular weight is 182 g/mol. The minimum Gasteiger partial charge on any atom is -0.298 e. The molecule has 0 radical (unpaired) electrons. The van der Waals surface area contributed by atoms with Gasteiger partial charge in [0.1, 0.15) is 5.78 Å². The van der Waals surface area contributed by atoms with Gasteiger partial charge in [0.25, 0.3) is 0 Å². The molecule has 1 aromatic heterocycles. The van der Waals surface area contributed by atoms with E-state index in [-0.39, 0.29) is 0 Å². The Bertz CT molecular complexity index is 271. The number of Topliss-reactive ketones (excluding diaryl/α,β-unsaturated/α-hetero) is 1. The predicted octanol–water partition coefficient (Wildman–Crippen LogP) is 0.918. The molecule has 1 fully saturated rings. The lowest BCUT2D eigenvalue weighted by atomic mass is 10.4. The van der Waals surface area contributed by atoms with Gasteiger partial charge >= 0.3 is 0 Å². The molecule has 0 aliphatic carbocycles. The van der Waals surface area contributed by atoms with Crippen LogP contribution >= 0.6 is 11.3 Å². The van der Waals surface area contributed by atoms with Crippen molar-refractivity contribution in [3.05, 3.63) is 16.6 Å². The number of ketones is 1. The van der Waals surface area contributed by atoms with Crippen LogP contribution in [-0.4, -0.2) is 28.8 Å². The van der Waals surface area contributed by atoms with Gasteiger partial charge in [-0.3, -0.25) is 14.7 Å². The summed E-state index contributed by atoms with van der Waals surface area (Å²) in [6, 6.07) is 0. The lowest BCUT2D eigenvalue weighted by Gasteiger charge is -2.10. The van der Waals surface area contributed by atoms with Gasteiger partial charge in [0, 0.05) is 30.6 Å². The number of nitrogens with zero attached hydrogens (tertiary/aromatic N) is 2. The SMILES string of the molecule is O=C1CCN(Cc2cncs2)C1. The van der Waals surface area contributed by atoms with Crippen LogP contribution in [0.5, 0.6) is 0 Å². The van der Waals surface area contributed by atoms with Crippen molar-refractivity contribution < 1.29 is 4.79 Å². The Labute approximate surface area is 75.0 Å². The summed E-state index contributed by atoms with van der Waals surface area (Å²) in [5, 5.41) is 0. The molecule has 0 amide bonds. The first kappa shape index (κ1) is 7.89. The van der Waals surface area contributed by atoms with Crippen LogP contribution in [0.25, 0.3) is 0 Å². The molecule has 0 bridgehead atoms. The van der Waals surface area contributed by atoms with Crippen LogP contribution in [0.2, 0.25) is 0 Å². The number of aromatic nitrogens is 1. The maximum absolute atomic E-state index is 10.9. The summed E-state index contributed by atoms with van der Waals surface area (Å²) >= 11 is 1.65. The van der Waals surface area contributed by atoms with E-state index in [9.17, 15) is 4.79 Å². The van der Waals surface area contributed by atoms with Crippen LogP contribution in [0.3, 0.4) is 0 Å². The molecular weight excluding hydrogens is 172 g/mol. The lowest BCUT2D eigenvalue weighted by molar-refractivity contribution is -0.116. The fourth-order valence-electron chi connectivity index (χ4n) is 1.37. The number of rotatable bonds is 2. The van der Waals surface area contributed by atoms with Gasteiger partial charge in [-0.15, -0.1) is 11.3 Å². The molecule has 4 heteroatoms. The van der Waals surface area contributed by atoms with Crippen LogP contribution in [0, 0.1) is 0 Å². The van der Waals surface area contributed by atoms with Crippen molar-refractivity contribution in [2.24, 2.45) is 0 Å². The maximum Gasteiger partial charge on any atom is 0.148 e. The van der Waals surface area contributed by atoms with Gasteiger partial charge in [-0.1, -0.05) is 0 Å². The summed E-state index contributed by atoms with van der Waals surface area (Å²) in [5.41, 5.74) is 1.83. The number of carbonyl (C=O) groups is 1. The Kier molecular flexibility index (Phi) is 2.19. The second-order valence-corrected chi connectivity index (χ2v) is 3.94. The van der Waals surface area contributed by atoms with Gasteiger partial charge < -0.3 is 0 Å². The van der Waals surface area contributed by atoms with E-state index in [1.165, 1.54) is 4.88 Å². The van der Waals surface area contributed by atoms with Gasteiger partial charge in [0.05, 0.1) is 12.1 Å². The van der Waals surface area contributed by atoms with Crippen molar-refractivity contribution in [1.82, 2.24) is 9.88 Å². The fraction of sp³-hybridized carbons (Fsp3) is 0.500. The molecule has 0 atom stereocenters. The molecule has 0 aromatic carbocycles. The molecule has 12 heavy (non-hydrogen) atoms. The van der Waals surface area contributed by atoms with Gasteiger partial charge in [-0.05, 0) is 0 Å². The van der Waals surface area contributed by atoms with E-state index in [1.54, 1.807) is 11.3 Å². The summed E-state index contributed by atoms with van der Waals surface area (Å²) in [7, 11) is 0. The Morgan fingerprint density at radius 1 is 1.67 bits per heavy atom. The first-order valence-electron chi connectivity index (χ1n) is 3.96. The standard InChI is InChI=1S/C8H10N2OS/c11-7-1-2-10(4-7)5-8-3-9-6-12-8/h3,6H,1-2,4-5H2. The largest absolute Gasteiger partial charge is 0.298 e. The minimum atomic E-state index is 0.361. The van der Waals surface area contributed by atoms with Crippen molar-refractivity contribution in [2.75, 3.05) is 13.1 Å². The summed E-state index contributed by atoms with van der Waals surface area (Å²) in [5.74, 6) is 0.361. The van der Waals surface area contributed by atoms with E-state index in [0.29, 0.717) is 12.3 Å². The van der Waals surface area contributed by atoms with Crippen LogP contribution in [0.1, 0.15) is 11.3 Å². The van der Waals surface area contributed by atoms with Crippen molar-refractivity contribution in [3.8, 4) is 0 Å². The Morgan fingerprint density at radius 2 is 2.58 bits per heavy atom. The minimum absolute atomic E-state index is 0.361. The molecule has 1 aliphatic heterocycles. The molecule has 64 valence electrons. The summed E-state index contributed by atoms with van der Waals surface area (Å²) in [6.45, 7) is 2.42. The number of carbonyl (C=O) groups excluding carboxylic acids is 1. The normalized spacial score (nSPS) is 18.8. The maximum atomic E-state index is 10.9. The number of thiazole rings is 1. The van der Waals surface area contributed by atoms with Crippen LogP contribution in [-0.2, 0) is 11.3 Å². The highest BCUT2D eigenvalue weighted by molar-refractivity contribution is 7.09. The first-order chi connectivity index (χ1) is 5.84. The van der Waals surface area contributed by atoms with Gasteiger partial charge in [0.15, 0.2) is 0 Å². The Morgan fingerprint density at radius 3 is 3.17 bits per heavy atom. The fourth-order valence-corrected chi connectivity index (χ4v) is 2.00. The third kappa shape index (κ3) is 1.70. The average Bonchev–Trinajstić information content (AvgIpc) is 2.63. The van der Waals surface area contributed by atoms with Crippen molar-refractivity contribution in [2.45, 2.75) is 13.0 Å². The molecular formula is C8H10N2OS. The van der Waals surface area contributed by atoms with E-state index in [2.05, 4.69) is 9.88 Å². The first-order valence-corrected chi connectivity index (χ1v) is 4.84. The molecule has 2 heterocycles. The second kappa shape index (κ2) is 3.33. The lowest BCUT2D eigenvalue weighted by Crippen LogP contribution is -2.19. The smallest absolute Gasteiger partial charge is 0.148 e. The molecule has 0 saturated carbocycles. The second-order valence-electron chi connectivity index (χ2n) is 2.97. The van der Waals surface area contributed by atoms with E-state index < -0.39 is 0 Å². The summed E-state index contributed by atoms with van der Waals surface area (Å²) < 4.78 is 0. The van der Waals surface area contributed by atoms with Gasteiger partial charge in [-0.2, -0.15) is 0 Å². The zero-order chi connectivity index (χ0) is 8.39. The summed E-state index contributed by atoms with van der Waals surface area (Å²) in [4.78, 5) is 18.3. The predicted molar refractivity (Wildman–Crippen MR) is 47.0 cm³/mol. The number of hydrogen-bond acceptors (Lipinski definition) is 4. The van der Waals surface area contributed by atoms with Crippen LogP contribution < -0.4 is 0 Å². The zero-order valence-corrected chi connectivity index (χ0v) is 7.51. The van der Waals surface area contributed by atoms with Crippen molar-refractivity contribution >= 4 is 17.1 Å². The molecule has 0 spiro atoms. The molecule has 3 nitrogen and oxygen atoms in total. The monoisotopic (exact) mass is 182 g/mol. The molecule has 1 aliphatic rings. The highest BCUT2D eigenvalue weighted by Crippen LogP contribution is 2.12. The molecule has 2 rings (SSSR count). The quantitative estimate of drug-likeness (QED) is 0.682.